The highest BCUT2D eigenvalue weighted by Crippen LogP contribution is 2.31. The number of H-pyrrole nitrogens is 1. The highest BCUT2D eigenvalue weighted by molar-refractivity contribution is 6.40. The molecule has 0 radical (unpaired) electrons. The van der Waals surface area contributed by atoms with Crippen molar-refractivity contribution < 1.29 is 9.53 Å². The number of aliphatic imine (C=N–C) groups is 2. The van der Waals surface area contributed by atoms with Gasteiger partial charge in [0.2, 0.25) is 0 Å². The standard InChI is InChI=1S/C20H19Cl3N6O2.C5H14N4.C2H6/c1-10(24)26-9-27-11-5-13(22)19(14(23)6-11)20(30)25-4-3-18-28-15-7-12(21)17(31-2)8-16(15)29-18;1-9(2)4-5(6)3-8-7;1-2/h5-9H,3-4H2,1-2H3,(H,25,30)(H,28,29)(H2,24,26,27);3,8H,4,6-7H2,1-2H3;1-2H3/b;5-3-;. The normalized spacial score (nSPS) is 11.6. The Bertz CT molecular complexity index is 1380. The molecule has 3 rings (SSSR count). The number of rotatable bonds is 10. The number of carbonyl (C=O) groups excluding carboxylic acids is 1. The first kappa shape index (κ1) is 36.5. The number of nitrogens with one attached hydrogen (secondary N) is 3. The largest absolute Gasteiger partial charge is 0.495 e. The molecule has 12 nitrogen and oxygen atoms in total. The molecule has 0 atom stereocenters. The summed E-state index contributed by atoms with van der Waals surface area (Å²) in [6, 6.07) is 6.54. The zero-order chi connectivity index (χ0) is 31.8. The molecular formula is C27H39Cl3N10O2. The molecule has 1 amide bonds. The SMILES string of the molecule is CC.CN(C)C/C(N)=C/NN.COc1cc2nc(CCNC(=O)c3c(Cl)cc(N=CN=C(C)N)cc3Cl)[nH]c2cc1Cl. The van der Waals surface area contributed by atoms with E-state index < -0.39 is 5.91 Å². The molecule has 9 N–H and O–H groups in total. The summed E-state index contributed by atoms with van der Waals surface area (Å²) in [7, 11) is 5.43. The van der Waals surface area contributed by atoms with Crippen molar-refractivity contribution in [1.82, 2.24) is 25.6 Å². The van der Waals surface area contributed by atoms with Gasteiger partial charge in [0.05, 0.1) is 50.3 Å². The lowest BCUT2D eigenvalue weighted by Crippen LogP contribution is -2.26. The molecule has 230 valence electrons. The number of aromatic amines is 1. The van der Waals surface area contributed by atoms with Crippen molar-refractivity contribution in [2.75, 3.05) is 34.3 Å². The number of hydrazine groups is 1. The van der Waals surface area contributed by atoms with Gasteiger partial charge >= 0.3 is 0 Å². The van der Waals surface area contributed by atoms with Gasteiger partial charge in [0.1, 0.15) is 17.9 Å². The fourth-order valence-electron chi connectivity index (χ4n) is 3.28. The number of imidazole rings is 1. The Morgan fingerprint density at radius 3 is 2.31 bits per heavy atom. The minimum absolute atomic E-state index is 0.168. The van der Waals surface area contributed by atoms with Gasteiger partial charge < -0.3 is 36.8 Å². The van der Waals surface area contributed by atoms with Crippen LogP contribution >= 0.6 is 34.8 Å². The Kier molecular flexibility index (Phi) is 16.3. The van der Waals surface area contributed by atoms with Crippen LogP contribution in [0.2, 0.25) is 15.1 Å². The molecule has 1 heterocycles. The highest BCUT2D eigenvalue weighted by Gasteiger charge is 2.16. The van der Waals surface area contributed by atoms with Crippen LogP contribution in [0.15, 0.2) is 46.1 Å². The maximum Gasteiger partial charge on any atom is 0.254 e. The van der Waals surface area contributed by atoms with Gasteiger partial charge in [0, 0.05) is 37.5 Å². The number of hydrogen-bond donors (Lipinski definition) is 6. The van der Waals surface area contributed by atoms with Crippen LogP contribution in [-0.4, -0.2) is 67.2 Å². The first-order chi connectivity index (χ1) is 19.9. The van der Waals surface area contributed by atoms with E-state index in [-0.39, 0.29) is 15.6 Å². The number of ether oxygens (including phenoxy) is 1. The summed E-state index contributed by atoms with van der Waals surface area (Å²) in [6.07, 6.45) is 3.32. The lowest BCUT2D eigenvalue weighted by molar-refractivity contribution is 0.0954. The Hall–Kier alpha value is -3.55. The smallest absolute Gasteiger partial charge is 0.254 e. The van der Waals surface area contributed by atoms with Gasteiger partial charge in [0.15, 0.2) is 0 Å². The molecule has 0 saturated heterocycles. The van der Waals surface area contributed by atoms with Gasteiger partial charge in [-0.2, -0.15) is 0 Å². The fraction of sp³-hybridized carbons (Fsp3) is 0.333. The van der Waals surface area contributed by atoms with E-state index in [0.717, 1.165) is 23.3 Å². The molecule has 0 unspecified atom stereocenters. The molecule has 2 aromatic carbocycles. The van der Waals surface area contributed by atoms with Crippen molar-refractivity contribution in [2.45, 2.75) is 27.2 Å². The van der Waals surface area contributed by atoms with Crippen molar-refractivity contribution in [3.63, 3.8) is 0 Å². The van der Waals surface area contributed by atoms with E-state index in [0.29, 0.717) is 41.1 Å². The first-order valence-corrected chi connectivity index (χ1v) is 14.0. The second-order valence-corrected chi connectivity index (χ2v) is 9.84. The first-order valence-electron chi connectivity index (χ1n) is 12.8. The van der Waals surface area contributed by atoms with Crippen molar-refractivity contribution >= 4 is 69.6 Å². The van der Waals surface area contributed by atoms with Gasteiger partial charge in [-0.1, -0.05) is 48.7 Å². The molecule has 3 aromatic rings. The topological polar surface area (TPSA) is 185 Å². The van der Waals surface area contributed by atoms with E-state index in [1.54, 1.807) is 32.4 Å². The van der Waals surface area contributed by atoms with Gasteiger partial charge in [-0.3, -0.25) is 10.6 Å². The van der Waals surface area contributed by atoms with E-state index in [2.05, 4.69) is 30.7 Å². The number of amidine groups is 1. The average Bonchev–Trinajstić information content (AvgIpc) is 3.30. The molecule has 0 saturated carbocycles. The summed E-state index contributed by atoms with van der Waals surface area (Å²) < 4.78 is 5.20. The number of methoxy groups -OCH3 is 1. The molecule has 42 heavy (non-hydrogen) atoms. The third kappa shape index (κ3) is 12.1. The minimum atomic E-state index is -0.401. The second kappa shape index (κ2) is 18.8. The van der Waals surface area contributed by atoms with E-state index in [4.69, 9.17) is 56.8 Å². The molecule has 15 heteroatoms. The van der Waals surface area contributed by atoms with Crippen LogP contribution in [-0.2, 0) is 6.42 Å². The molecule has 0 bridgehead atoms. The number of amides is 1. The molecule has 1 aromatic heterocycles. The van der Waals surface area contributed by atoms with Crippen LogP contribution < -0.4 is 32.8 Å². The van der Waals surface area contributed by atoms with Crippen LogP contribution in [0, 0.1) is 0 Å². The molecule has 0 aliphatic rings. The van der Waals surface area contributed by atoms with E-state index in [1.165, 1.54) is 18.5 Å². The van der Waals surface area contributed by atoms with Gasteiger partial charge in [-0.25, -0.2) is 15.0 Å². The number of nitrogens with two attached hydrogens (primary N) is 3. The number of fused-ring (bicyclic) bond motifs is 1. The van der Waals surface area contributed by atoms with Crippen molar-refractivity contribution in [3.05, 3.63) is 62.6 Å². The Morgan fingerprint density at radius 1 is 1.12 bits per heavy atom. The summed E-state index contributed by atoms with van der Waals surface area (Å²) >= 11 is 18.6. The van der Waals surface area contributed by atoms with Crippen molar-refractivity contribution in [1.29, 1.82) is 0 Å². The maximum atomic E-state index is 12.6. The lowest BCUT2D eigenvalue weighted by Gasteiger charge is -2.09. The third-order valence-electron chi connectivity index (χ3n) is 4.94. The number of nitrogens with zero attached hydrogens (tertiary/aromatic N) is 4. The minimum Gasteiger partial charge on any atom is -0.495 e. The summed E-state index contributed by atoms with van der Waals surface area (Å²) in [6.45, 7) is 6.68. The maximum absolute atomic E-state index is 12.6. The fourth-order valence-corrected chi connectivity index (χ4v) is 4.17. The third-order valence-corrected chi connectivity index (χ3v) is 5.83. The lowest BCUT2D eigenvalue weighted by atomic mass is 10.2. The zero-order valence-electron chi connectivity index (χ0n) is 24.6. The Morgan fingerprint density at radius 2 is 1.76 bits per heavy atom. The number of hydrogen-bond acceptors (Lipinski definition) is 8. The van der Waals surface area contributed by atoms with E-state index in [1.807, 2.05) is 32.8 Å². The van der Waals surface area contributed by atoms with Crippen molar-refractivity contribution in [2.24, 2.45) is 27.3 Å². The van der Waals surface area contributed by atoms with Crippen LogP contribution in [0.4, 0.5) is 5.69 Å². The second-order valence-electron chi connectivity index (χ2n) is 8.62. The van der Waals surface area contributed by atoms with Crippen LogP contribution in [0.5, 0.6) is 5.75 Å². The van der Waals surface area contributed by atoms with Crippen LogP contribution in [0.25, 0.3) is 11.0 Å². The molecule has 0 aliphatic heterocycles. The Labute approximate surface area is 261 Å². The molecule has 0 aliphatic carbocycles. The van der Waals surface area contributed by atoms with E-state index >= 15 is 0 Å². The number of benzene rings is 2. The summed E-state index contributed by atoms with van der Waals surface area (Å²) in [5, 5.41) is 3.63. The monoisotopic (exact) mass is 640 g/mol. The average molecular weight is 642 g/mol. The molecule has 0 spiro atoms. The molecule has 0 fully saturated rings. The summed E-state index contributed by atoms with van der Waals surface area (Å²) in [4.78, 5) is 30.1. The Balaban J connectivity index is 0.000000686. The number of carbonyl (C=O) groups is 1. The van der Waals surface area contributed by atoms with Crippen molar-refractivity contribution in [3.8, 4) is 5.75 Å². The number of likely N-dealkylation sites (N-methyl/N-ethyl adjacent to an activating group) is 1. The van der Waals surface area contributed by atoms with Gasteiger partial charge in [-0.15, -0.1) is 0 Å². The van der Waals surface area contributed by atoms with Crippen LogP contribution in [0.3, 0.4) is 0 Å². The van der Waals surface area contributed by atoms with Gasteiger partial charge in [0.25, 0.3) is 5.91 Å². The number of aromatic nitrogens is 2. The highest BCUT2D eigenvalue weighted by atomic mass is 35.5. The van der Waals surface area contributed by atoms with E-state index in [9.17, 15) is 4.79 Å². The van der Waals surface area contributed by atoms with Crippen LogP contribution in [0.1, 0.15) is 37.0 Å². The summed E-state index contributed by atoms with van der Waals surface area (Å²) in [5.41, 5.74) is 16.1. The quantitative estimate of drug-likeness (QED) is 0.0815. The number of halogens is 3. The zero-order valence-corrected chi connectivity index (χ0v) is 26.8. The predicted molar refractivity (Wildman–Crippen MR) is 175 cm³/mol. The predicted octanol–water partition coefficient (Wildman–Crippen LogP) is 4.38. The van der Waals surface area contributed by atoms with Gasteiger partial charge in [-0.05, 0) is 39.2 Å². The summed E-state index contributed by atoms with van der Waals surface area (Å²) in [5.74, 6) is 6.18. The molecular weight excluding hydrogens is 603 g/mol.